The van der Waals surface area contributed by atoms with Crippen LogP contribution < -0.4 is 5.32 Å². The largest absolute Gasteiger partial charge is 0.325 e. The van der Waals surface area contributed by atoms with Gasteiger partial charge in [0.2, 0.25) is 0 Å². The molecule has 0 bridgehead atoms. The van der Waals surface area contributed by atoms with E-state index in [0.29, 0.717) is 6.04 Å². The van der Waals surface area contributed by atoms with Gasteiger partial charge in [-0.1, -0.05) is 0 Å². The number of rotatable bonds is 1. The van der Waals surface area contributed by atoms with Crippen LogP contribution in [0, 0.1) is 0 Å². The lowest BCUT2D eigenvalue weighted by Crippen LogP contribution is -2.54. The average Bonchev–Trinajstić information content (AvgIpc) is 2.39. The summed E-state index contributed by atoms with van der Waals surface area (Å²) >= 11 is 0. The molecule has 2 heterocycles. The molecule has 2 aliphatic rings. The zero-order chi connectivity index (χ0) is 12.3. The smallest absolute Gasteiger partial charge is 0.320 e. The van der Waals surface area contributed by atoms with Crippen molar-refractivity contribution < 1.29 is 4.79 Å². The van der Waals surface area contributed by atoms with Crippen LogP contribution in [0.3, 0.4) is 0 Å². The topological polar surface area (TPSA) is 38.8 Å². The lowest BCUT2D eigenvalue weighted by molar-refractivity contribution is 0.112. The Morgan fingerprint density at radius 3 is 2.06 bits per heavy atom. The van der Waals surface area contributed by atoms with Crippen molar-refractivity contribution >= 4 is 6.03 Å². The van der Waals surface area contributed by atoms with E-state index in [1.54, 1.807) is 0 Å². The molecule has 5 heteroatoms. The molecule has 2 rings (SSSR count). The fourth-order valence-corrected chi connectivity index (χ4v) is 2.56. The van der Waals surface area contributed by atoms with Gasteiger partial charge in [-0.3, -0.25) is 0 Å². The van der Waals surface area contributed by atoms with Gasteiger partial charge in [0, 0.05) is 45.3 Å². The molecule has 0 aromatic carbocycles. The SMILES string of the molecule is CNC1CCN(C(=O)N2CCN(C)CC2)CC1. The summed E-state index contributed by atoms with van der Waals surface area (Å²) in [5.41, 5.74) is 0. The Morgan fingerprint density at radius 1 is 1.00 bits per heavy atom. The first-order valence-electron chi connectivity index (χ1n) is 6.60. The molecular formula is C12H24N4O. The molecule has 2 fully saturated rings. The van der Waals surface area contributed by atoms with Crippen molar-refractivity contribution in [2.75, 3.05) is 53.4 Å². The molecule has 0 aromatic heterocycles. The van der Waals surface area contributed by atoms with Crippen molar-refractivity contribution in [2.24, 2.45) is 0 Å². The molecule has 2 amide bonds. The number of likely N-dealkylation sites (N-methyl/N-ethyl adjacent to an activating group) is 1. The van der Waals surface area contributed by atoms with Gasteiger partial charge in [-0.2, -0.15) is 0 Å². The highest BCUT2D eigenvalue weighted by atomic mass is 16.2. The molecule has 2 aliphatic heterocycles. The maximum absolute atomic E-state index is 12.3. The third-order valence-corrected chi connectivity index (χ3v) is 3.95. The first-order valence-corrected chi connectivity index (χ1v) is 6.60. The molecule has 17 heavy (non-hydrogen) atoms. The van der Waals surface area contributed by atoms with Crippen LogP contribution in [0.5, 0.6) is 0 Å². The van der Waals surface area contributed by atoms with Crippen LogP contribution in [-0.4, -0.2) is 80.1 Å². The number of piperidine rings is 1. The van der Waals surface area contributed by atoms with Crippen LogP contribution in [0.25, 0.3) is 0 Å². The van der Waals surface area contributed by atoms with Crippen LogP contribution in [0.4, 0.5) is 4.79 Å². The fraction of sp³-hybridized carbons (Fsp3) is 0.917. The number of urea groups is 1. The molecule has 0 aromatic rings. The summed E-state index contributed by atoms with van der Waals surface area (Å²) in [6.45, 7) is 5.55. The molecule has 0 unspecified atom stereocenters. The van der Waals surface area contributed by atoms with Gasteiger partial charge in [-0.25, -0.2) is 4.79 Å². The van der Waals surface area contributed by atoms with E-state index in [4.69, 9.17) is 0 Å². The minimum absolute atomic E-state index is 0.243. The Hall–Kier alpha value is -0.810. The minimum atomic E-state index is 0.243. The number of hydrogen-bond acceptors (Lipinski definition) is 3. The number of amides is 2. The van der Waals surface area contributed by atoms with E-state index in [1.807, 2.05) is 16.8 Å². The number of hydrogen-bond donors (Lipinski definition) is 1. The molecule has 0 aliphatic carbocycles. The van der Waals surface area contributed by atoms with Crippen molar-refractivity contribution in [1.29, 1.82) is 0 Å². The molecule has 98 valence electrons. The van der Waals surface area contributed by atoms with Gasteiger partial charge in [0.05, 0.1) is 0 Å². The van der Waals surface area contributed by atoms with Crippen molar-refractivity contribution in [3.05, 3.63) is 0 Å². The van der Waals surface area contributed by atoms with Gasteiger partial charge in [0.25, 0.3) is 0 Å². The van der Waals surface area contributed by atoms with E-state index in [2.05, 4.69) is 17.3 Å². The second-order valence-electron chi connectivity index (χ2n) is 5.12. The second kappa shape index (κ2) is 5.69. The summed E-state index contributed by atoms with van der Waals surface area (Å²) in [7, 11) is 4.11. The number of likely N-dealkylation sites (tertiary alicyclic amines) is 1. The van der Waals surface area contributed by atoms with Gasteiger partial charge >= 0.3 is 6.03 Å². The third kappa shape index (κ3) is 3.10. The highest BCUT2D eigenvalue weighted by Gasteiger charge is 2.27. The second-order valence-corrected chi connectivity index (χ2v) is 5.12. The first-order chi connectivity index (χ1) is 8.20. The summed E-state index contributed by atoms with van der Waals surface area (Å²) in [5, 5.41) is 3.29. The Kier molecular flexibility index (Phi) is 4.23. The molecule has 5 nitrogen and oxygen atoms in total. The van der Waals surface area contributed by atoms with Gasteiger partial charge < -0.3 is 20.0 Å². The fourth-order valence-electron chi connectivity index (χ4n) is 2.56. The lowest BCUT2D eigenvalue weighted by Gasteiger charge is -2.38. The van der Waals surface area contributed by atoms with Crippen molar-refractivity contribution in [3.63, 3.8) is 0 Å². The minimum Gasteiger partial charge on any atom is -0.325 e. The summed E-state index contributed by atoms with van der Waals surface area (Å²) in [6.07, 6.45) is 2.16. The summed E-state index contributed by atoms with van der Waals surface area (Å²) in [5.74, 6) is 0. The first kappa shape index (κ1) is 12.6. The standard InChI is InChI=1S/C12H24N4O/c1-13-11-3-5-15(6-4-11)12(17)16-9-7-14(2)8-10-16/h11,13H,3-10H2,1-2H3. The highest BCUT2D eigenvalue weighted by molar-refractivity contribution is 5.74. The van der Waals surface area contributed by atoms with Crippen LogP contribution >= 0.6 is 0 Å². The maximum Gasteiger partial charge on any atom is 0.320 e. The zero-order valence-electron chi connectivity index (χ0n) is 11.0. The van der Waals surface area contributed by atoms with Crippen LogP contribution in [0.1, 0.15) is 12.8 Å². The molecule has 0 atom stereocenters. The van der Waals surface area contributed by atoms with Crippen molar-refractivity contribution in [2.45, 2.75) is 18.9 Å². The average molecular weight is 240 g/mol. The predicted octanol–water partition coefficient (Wildman–Crippen LogP) is 0.0376. The van der Waals surface area contributed by atoms with E-state index in [-0.39, 0.29) is 6.03 Å². The van der Waals surface area contributed by atoms with Gasteiger partial charge in [-0.05, 0) is 26.9 Å². The zero-order valence-corrected chi connectivity index (χ0v) is 11.0. The molecule has 0 spiro atoms. The molecule has 2 saturated heterocycles. The number of carbonyl (C=O) groups is 1. The van der Waals surface area contributed by atoms with Gasteiger partial charge in [-0.15, -0.1) is 0 Å². The van der Waals surface area contributed by atoms with Crippen molar-refractivity contribution in [1.82, 2.24) is 20.0 Å². The lowest BCUT2D eigenvalue weighted by atomic mass is 10.1. The summed E-state index contributed by atoms with van der Waals surface area (Å²) in [4.78, 5) is 18.6. The Bertz CT molecular complexity index is 255. The Labute approximate surface area is 104 Å². The predicted molar refractivity (Wildman–Crippen MR) is 68.1 cm³/mol. The van der Waals surface area contributed by atoms with Crippen LogP contribution in [0.2, 0.25) is 0 Å². The van der Waals surface area contributed by atoms with E-state index >= 15 is 0 Å². The molecular weight excluding hydrogens is 216 g/mol. The quantitative estimate of drug-likeness (QED) is 0.703. The van der Waals surface area contributed by atoms with Crippen LogP contribution in [0.15, 0.2) is 0 Å². The van der Waals surface area contributed by atoms with E-state index in [1.165, 1.54) is 0 Å². The molecule has 1 N–H and O–H groups in total. The highest BCUT2D eigenvalue weighted by Crippen LogP contribution is 2.13. The van der Waals surface area contributed by atoms with Gasteiger partial charge in [0.15, 0.2) is 0 Å². The maximum atomic E-state index is 12.3. The van der Waals surface area contributed by atoms with E-state index in [9.17, 15) is 4.79 Å². The van der Waals surface area contributed by atoms with E-state index in [0.717, 1.165) is 52.1 Å². The molecule has 0 radical (unpaired) electrons. The van der Waals surface area contributed by atoms with Crippen LogP contribution in [-0.2, 0) is 0 Å². The number of nitrogens with one attached hydrogen (secondary N) is 1. The number of carbonyl (C=O) groups excluding carboxylic acids is 1. The summed E-state index contributed by atoms with van der Waals surface area (Å²) < 4.78 is 0. The Morgan fingerprint density at radius 2 is 1.53 bits per heavy atom. The monoisotopic (exact) mass is 240 g/mol. The third-order valence-electron chi connectivity index (χ3n) is 3.95. The number of piperazine rings is 1. The molecule has 0 saturated carbocycles. The van der Waals surface area contributed by atoms with E-state index < -0.39 is 0 Å². The summed E-state index contributed by atoms with van der Waals surface area (Å²) in [6, 6.07) is 0.833. The Balaban J connectivity index is 1.80. The van der Waals surface area contributed by atoms with Crippen molar-refractivity contribution in [3.8, 4) is 0 Å². The normalized spacial score (nSPS) is 24.1. The number of nitrogens with zero attached hydrogens (tertiary/aromatic N) is 3. The van der Waals surface area contributed by atoms with Gasteiger partial charge in [0.1, 0.15) is 0 Å².